The lowest BCUT2D eigenvalue weighted by Gasteiger charge is -2.45. The molecular formula is C24H27N5O5S. The summed E-state index contributed by atoms with van der Waals surface area (Å²) in [4.78, 5) is 41.0. The molecule has 0 spiro atoms. The molecule has 4 unspecified atom stereocenters. The van der Waals surface area contributed by atoms with Crippen molar-refractivity contribution in [2.75, 3.05) is 0 Å². The fraction of sp³-hybridized carbons (Fsp3) is 0.375. The maximum atomic E-state index is 13.4. The number of hydrogen-bond acceptors (Lipinski definition) is 9. The van der Waals surface area contributed by atoms with Crippen molar-refractivity contribution in [3.8, 4) is 0 Å². The van der Waals surface area contributed by atoms with Crippen LogP contribution in [0.2, 0.25) is 0 Å². The topological polar surface area (TPSA) is 135 Å². The molecule has 0 saturated carbocycles. The number of allylic oxidation sites excluding steroid dienone is 1. The first-order valence-corrected chi connectivity index (χ1v) is 12.3. The lowest BCUT2D eigenvalue weighted by molar-refractivity contribution is -0.384. The summed E-state index contributed by atoms with van der Waals surface area (Å²) in [6.45, 7) is 5.38. The van der Waals surface area contributed by atoms with E-state index in [0.29, 0.717) is 17.0 Å². The first-order chi connectivity index (χ1) is 16.7. The second-order valence-corrected chi connectivity index (χ2v) is 9.79. The van der Waals surface area contributed by atoms with Crippen LogP contribution in [0.5, 0.6) is 0 Å². The Morgan fingerprint density at radius 1 is 1.23 bits per heavy atom. The normalized spacial score (nSPS) is 23.8. The third-order valence-corrected chi connectivity index (χ3v) is 6.97. The molecule has 1 saturated heterocycles. The van der Waals surface area contributed by atoms with Crippen molar-refractivity contribution in [1.82, 2.24) is 20.9 Å². The van der Waals surface area contributed by atoms with Crippen molar-refractivity contribution < 1.29 is 19.2 Å². The third-order valence-electron chi connectivity index (χ3n) is 5.88. The summed E-state index contributed by atoms with van der Waals surface area (Å²) in [6.07, 6.45) is 2.60. The van der Waals surface area contributed by atoms with Crippen LogP contribution in [0.25, 0.3) is 0 Å². The van der Waals surface area contributed by atoms with Crippen LogP contribution in [0.1, 0.15) is 37.8 Å². The summed E-state index contributed by atoms with van der Waals surface area (Å²) < 4.78 is 5.50. The predicted molar refractivity (Wildman–Crippen MR) is 131 cm³/mol. The second kappa shape index (κ2) is 10.4. The van der Waals surface area contributed by atoms with Gasteiger partial charge in [-0.15, -0.1) is 11.8 Å². The standard InChI is InChI=1S/C24H27N5O5S/c1-13(2)34-23(31)18-14(3)26-21-20(19(18)16-5-4-10-25-11-16)22(30)28-24(27-21)35-12-15-6-8-17(9-7-15)29(32)33/h4-11,13,19-21,24,26-27H,12H2,1-3H3,(H,28,30). The van der Waals surface area contributed by atoms with Gasteiger partial charge in [0, 0.05) is 41.9 Å². The number of pyridine rings is 1. The maximum Gasteiger partial charge on any atom is 0.336 e. The van der Waals surface area contributed by atoms with E-state index in [1.165, 1.54) is 23.9 Å². The molecule has 1 aromatic heterocycles. The van der Waals surface area contributed by atoms with Crippen molar-refractivity contribution in [2.24, 2.45) is 5.92 Å². The van der Waals surface area contributed by atoms with Gasteiger partial charge in [0.1, 0.15) is 5.50 Å². The number of esters is 1. The molecule has 1 fully saturated rings. The number of nitrogens with zero attached hydrogens (tertiary/aromatic N) is 2. The summed E-state index contributed by atoms with van der Waals surface area (Å²) in [7, 11) is 0. The van der Waals surface area contributed by atoms with E-state index in [2.05, 4.69) is 20.9 Å². The molecule has 1 amide bonds. The summed E-state index contributed by atoms with van der Waals surface area (Å²) in [5, 5.41) is 20.6. The predicted octanol–water partition coefficient (Wildman–Crippen LogP) is 2.78. The minimum atomic E-state index is -0.603. The van der Waals surface area contributed by atoms with Crippen molar-refractivity contribution in [2.45, 2.75) is 50.2 Å². The third kappa shape index (κ3) is 5.46. The molecular weight excluding hydrogens is 470 g/mol. The van der Waals surface area contributed by atoms with Gasteiger partial charge in [-0.2, -0.15) is 0 Å². The molecule has 2 aromatic rings. The summed E-state index contributed by atoms with van der Waals surface area (Å²) in [5.74, 6) is -1.25. The van der Waals surface area contributed by atoms with E-state index in [0.717, 1.165) is 11.1 Å². The molecule has 2 aliphatic heterocycles. The number of benzene rings is 1. The number of thioether (sulfide) groups is 1. The molecule has 11 heteroatoms. The van der Waals surface area contributed by atoms with E-state index in [4.69, 9.17) is 4.74 Å². The van der Waals surface area contributed by atoms with Gasteiger partial charge in [-0.05, 0) is 38.0 Å². The van der Waals surface area contributed by atoms with Gasteiger partial charge in [0.05, 0.1) is 28.7 Å². The Hall–Kier alpha value is -3.44. The van der Waals surface area contributed by atoms with E-state index >= 15 is 0 Å². The number of carbonyl (C=O) groups excluding carboxylic acids is 2. The van der Waals surface area contributed by atoms with Crippen LogP contribution in [0.4, 0.5) is 5.69 Å². The fourth-order valence-electron chi connectivity index (χ4n) is 4.36. The molecule has 0 bridgehead atoms. The lowest BCUT2D eigenvalue weighted by atomic mass is 9.75. The molecule has 4 rings (SSSR count). The zero-order chi connectivity index (χ0) is 25.1. The minimum absolute atomic E-state index is 0.0348. The van der Waals surface area contributed by atoms with Gasteiger partial charge in [0.25, 0.3) is 5.69 Å². The van der Waals surface area contributed by atoms with Gasteiger partial charge >= 0.3 is 5.97 Å². The Labute approximate surface area is 207 Å². The average Bonchev–Trinajstić information content (AvgIpc) is 2.82. The van der Waals surface area contributed by atoms with Crippen LogP contribution in [-0.4, -0.2) is 39.6 Å². The molecule has 3 N–H and O–H groups in total. The van der Waals surface area contributed by atoms with Crippen molar-refractivity contribution in [3.63, 3.8) is 0 Å². The number of nitro benzene ring substituents is 1. The fourth-order valence-corrected chi connectivity index (χ4v) is 5.35. The number of rotatable bonds is 7. The SMILES string of the molecule is CC1=C(C(=O)OC(C)C)C(c2cccnc2)C2C(=O)NC(SCc3ccc([N+](=O)[O-])cc3)NC2N1. The molecule has 0 radical (unpaired) electrons. The number of fused-ring (bicyclic) bond motifs is 1. The highest BCUT2D eigenvalue weighted by atomic mass is 32.2. The van der Waals surface area contributed by atoms with Crippen LogP contribution < -0.4 is 16.0 Å². The van der Waals surface area contributed by atoms with Crippen molar-refractivity contribution >= 4 is 29.3 Å². The number of amides is 1. The zero-order valence-electron chi connectivity index (χ0n) is 19.6. The van der Waals surface area contributed by atoms with Crippen molar-refractivity contribution in [1.29, 1.82) is 0 Å². The van der Waals surface area contributed by atoms with Crippen LogP contribution in [0.3, 0.4) is 0 Å². The van der Waals surface area contributed by atoms with Gasteiger partial charge in [0.15, 0.2) is 0 Å². The molecule has 0 aliphatic carbocycles. The van der Waals surface area contributed by atoms with E-state index in [-0.39, 0.29) is 17.7 Å². The largest absolute Gasteiger partial charge is 0.460 e. The summed E-state index contributed by atoms with van der Waals surface area (Å²) in [5.41, 5.74) is 2.37. The Kier molecular flexibility index (Phi) is 7.37. The van der Waals surface area contributed by atoms with E-state index in [1.54, 1.807) is 44.4 Å². The van der Waals surface area contributed by atoms with Crippen LogP contribution >= 0.6 is 11.8 Å². The molecule has 35 heavy (non-hydrogen) atoms. The van der Waals surface area contributed by atoms with Gasteiger partial charge in [0.2, 0.25) is 5.91 Å². The van der Waals surface area contributed by atoms with Gasteiger partial charge in [-0.25, -0.2) is 4.79 Å². The maximum absolute atomic E-state index is 13.4. The highest BCUT2D eigenvalue weighted by Crippen LogP contribution is 2.40. The molecule has 1 aromatic carbocycles. The number of aromatic nitrogens is 1. The average molecular weight is 498 g/mol. The highest BCUT2D eigenvalue weighted by molar-refractivity contribution is 7.99. The Morgan fingerprint density at radius 2 is 1.97 bits per heavy atom. The first kappa shape index (κ1) is 24.7. The van der Waals surface area contributed by atoms with Crippen molar-refractivity contribution in [3.05, 3.63) is 81.3 Å². The minimum Gasteiger partial charge on any atom is -0.460 e. The molecule has 184 valence electrons. The van der Waals surface area contributed by atoms with Gasteiger partial charge in [-0.1, -0.05) is 18.2 Å². The first-order valence-electron chi connectivity index (χ1n) is 11.2. The Balaban J connectivity index is 1.55. The Morgan fingerprint density at radius 3 is 2.60 bits per heavy atom. The molecule has 10 nitrogen and oxygen atoms in total. The van der Waals surface area contributed by atoms with E-state index < -0.39 is 34.4 Å². The van der Waals surface area contributed by atoms with Gasteiger partial charge < -0.3 is 15.4 Å². The number of hydrogen-bond donors (Lipinski definition) is 3. The van der Waals surface area contributed by atoms with E-state index in [9.17, 15) is 19.7 Å². The smallest absolute Gasteiger partial charge is 0.336 e. The quantitative estimate of drug-likeness (QED) is 0.300. The number of ether oxygens (including phenoxy) is 1. The lowest BCUT2D eigenvalue weighted by Crippen LogP contribution is -2.67. The molecule has 3 heterocycles. The molecule has 2 aliphatic rings. The van der Waals surface area contributed by atoms with Crippen LogP contribution in [-0.2, 0) is 20.1 Å². The second-order valence-electron chi connectivity index (χ2n) is 8.69. The molecule has 4 atom stereocenters. The number of non-ortho nitro benzene ring substituents is 1. The monoisotopic (exact) mass is 497 g/mol. The summed E-state index contributed by atoms with van der Waals surface area (Å²) in [6, 6.07) is 9.98. The van der Waals surface area contributed by atoms with Crippen LogP contribution in [0, 0.1) is 16.0 Å². The van der Waals surface area contributed by atoms with Crippen LogP contribution in [0.15, 0.2) is 60.1 Å². The number of nitrogens with one attached hydrogen (secondary N) is 3. The van der Waals surface area contributed by atoms with E-state index in [1.807, 2.05) is 13.0 Å². The zero-order valence-corrected chi connectivity index (χ0v) is 20.4. The number of carbonyl (C=O) groups is 2. The number of nitro groups is 1. The summed E-state index contributed by atoms with van der Waals surface area (Å²) >= 11 is 1.47. The highest BCUT2D eigenvalue weighted by Gasteiger charge is 2.48. The van der Waals surface area contributed by atoms with Gasteiger partial charge in [-0.3, -0.25) is 25.2 Å². The Bertz CT molecular complexity index is 1140.